The predicted molar refractivity (Wildman–Crippen MR) is 130 cm³/mol. The van der Waals surface area contributed by atoms with Crippen LogP contribution in [0.4, 0.5) is 36.4 Å². The lowest BCUT2D eigenvalue weighted by Crippen LogP contribution is -2.50. The molecular weight excluding hydrogens is 529 g/mol. The highest BCUT2D eigenvalue weighted by molar-refractivity contribution is 6.13. The number of rotatable bonds is 6. The first kappa shape index (κ1) is 28.1. The van der Waals surface area contributed by atoms with Gasteiger partial charge in [-0.2, -0.15) is 26.3 Å². The lowest BCUT2D eigenvalue weighted by Gasteiger charge is -2.30. The van der Waals surface area contributed by atoms with Crippen molar-refractivity contribution in [3.63, 3.8) is 0 Å². The van der Waals surface area contributed by atoms with Crippen molar-refractivity contribution in [1.29, 1.82) is 0 Å². The maximum atomic E-state index is 14.4. The number of nitrogens with one attached hydrogen (secondary N) is 2. The van der Waals surface area contributed by atoms with Gasteiger partial charge >= 0.3 is 18.0 Å². The van der Waals surface area contributed by atoms with Crippen LogP contribution in [0.2, 0.25) is 0 Å². The van der Waals surface area contributed by atoms with Gasteiger partial charge in [0.2, 0.25) is 0 Å². The van der Waals surface area contributed by atoms with Crippen molar-refractivity contribution < 1.29 is 40.3 Å². The average molecular weight is 552 g/mol. The maximum Gasteiger partial charge on any atom is 0.435 e. The van der Waals surface area contributed by atoms with Crippen LogP contribution < -0.4 is 10.6 Å². The van der Waals surface area contributed by atoms with E-state index < -0.39 is 35.4 Å². The Balaban J connectivity index is 1.56. The number of hydrogen-bond acceptors (Lipinski definition) is 2. The summed E-state index contributed by atoms with van der Waals surface area (Å²) in [5.41, 5.74) is -6.03. The fraction of sp³-hybridized carbons (Fsp3) is 0.286. The molecule has 4 nitrogen and oxygen atoms in total. The first-order valence-corrected chi connectivity index (χ1v) is 11.9. The number of hydrogen-bond donors (Lipinski definition) is 2. The second-order valence-corrected chi connectivity index (χ2v) is 9.47. The molecule has 1 aliphatic carbocycles. The average Bonchev–Trinajstić information content (AvgIpc) is 3.62. The maximum absolute atomic E-state index is 14.4. The van der Waals surface area contributed by atoms with E-state index in [-0.39, 0.29) is 34.3 Å². The SMILES string of the molecule is Cc1cc(C(F)(C(F)(F)F)C(F)(F)F)ccc1NC(=O)c1cccc(C)c1C(=O)NC1C[C@@H]1c1ccccc1. The molecule has 1 aliphatic rings. The highest BCUT2D eigenvalue weighted by Gasteiger charge is 2.73. The molecular formula is C28H23F7N2O2. The second kappa shape index (κ2) is 10.0. The molecule has 0 saturated heterocycles. The van der Waals surface area contributed by atoms with Crippen LogP contribution in [0.15, 0.2) is 66.7 Å². The summed E-state index contributed by atoms with van der Waals surface area (Å²) in [6, 6.07) is 15.5. The Bertz CT molecular complexity index is 1390. The van der Waals surface area contributed by atoms with E-state index in [0.717, 1.165) is 25.0 Å². The van der Waals surface area contributed by atoms with Gasteiger partial charge in [-0.1, -0.05) is 54.6 Å². The van der Waals surface area contributed by atoms with E-state index in [1.165, 1.54) is 12.1 Å². The zero-order chi connectivity index (χ0) is 28.8. The Morgan fingerprint density at radius 2 is 1.41 bits per heavy atom. The van der Waals surface area contributed by atoms with E-state index in [0.29, 0.717) is 17.7 Å². The monoisotopic (exact) mass is 552 g/mol. The highest BCUT2D eigenvalue weighted by Crippen LogP contribution is 2.53. The van der Waals surface area contributed by atoms with Gasteiger partial charge in [0, 0.05) is 23.2 Å². The van der Waals surface area contributed by atoms with E-state index >= 15 is 0 Å². The van der Waals surface area contributed by atoms with E-state index in [1.807, 2.05) is 30.3 Å². The van der Waals surface area contributed by atoms with E-state index in [2.05, 4.69) is 10.6 Å². The zero-order valence-electron chi connectivity index (χ0n) is 20.7. The van der Waals surface area contributed by atoms with Crippen LogP contribution >= 0.6 is 0 Å². The number of carbonyl (C=O) groups excluding carboxylic acids is 2. The molecule has 0 aromatic heterocycles. The van der Waals surface area contributed by atoms with Crippen molar-refractivity contribution in [3.05, 3.63) is 100 Å². The Kier molecular flexibility index (Phi) is 7.22. The number of carbonyl (C=O) groups is 2. The number of halogens is 7. The summed E-state index contributed by atoms with van der Waals surface area (Å²) in [4.78, 5) is 26.2. The number of anilines is 1. The van der Waals surface area contributed by atoms with Gasteiger partial charge < -0.3 is 10.6 Å². The summed E-state index contributed by atoms with van der Waals surface area (Å²) in [5.74, 6) is -1.17. The molecule has 0 aliphatic heterocycles. The Morgan fingerprint density at radius 1 is 0.769 bits per heavy atom. The molecule has 3 aromatic carbocycles. The minimum absolute atomic E-state index is 0.0432. The molecule has 0 heterocycles. The number of amides is 2. The van der Waals surface area contributed by atoms with Crippen molar-refractivity contribution in [2.45, 2.75) is 50.2 Å². The third-order valence-corrected chi connectivity index (χ3v) is 6.73. The molecule has 0 bridgehead atoms. The molecule has 2 atom stereocenters. The van der Waals surface area contributed by atoms with Gasteiger partial charge in [-0.15, -0.1) is 0 Å². The Labute approximate surface area is 219 Å². The summed E-state index contributed by atoms with van der Waals surface area (Å²) in [5, 5.41) is 5.31. The molecule has 2 N–H and O–H groups in total. The molecule has 0 spiro atoms. The molecule has 3 aromatic rings. The Hall–Kier alpha value is -3.89. The normalized spacial score (nSPS) is 17.5. The molecule has 1 fully saturated rings. The first-order chi connectivity index (χ1) is 18.1. The Morgan fingerprint density at radius 3 is 2.00 bits per heavy atom. The van der Waals surface area contributed by atoms with Crippen LogP contribution in [0.3, 0.4) is 0 Å². The molecule has 1 saturated carbocycles. The van der Waals surface area contributed by atoms with Crippen molar-refractivity contribution in [2.75, 3.05) is 5.32 Å². The predicted octanol–water partition coefficient (Wildman–Crippen LogP) is 7.13. The highest BCUT2D eigenvalue weighted by atomic mass is 19.4. The molecule has 1 unspecified atom stereocenters. The summed E-state index contributed by atoms with van der Waals surface area (Å²) in [6.45, 7) is 2.76. The molecule has 4 rings (SSSR count). The van der Waals surface area contributed by atoms with Crippen molar-refractivity contribution in [1.82, 2.24) is 5.32 Å². The smallest absolute Gasteiger partial charge is 0.349 e. The van der Waals surface area contributed by atoms with Crippen LogP contribution in [0, 0.1) is 13.8 Å². The van der Waals surface area contributed by atoms with Crippen LogP contribution in [0.1, 0.15) is 55.3 Å². The molecule has 2 amide bonds. The quantitative estimate of drug-likeness (QED) is 0.320. The summed E-state index contributed by atoms with van der Waals surface area (Å²) >= 11 is 0. The third kappa shape index (κ3) is 5.35. The van der Waals surface area contributed by atoms with Gasteiger partial charge in [-0.05, 0) is 49.1 Å². The fourth-order valence-corrected chi connectivity index (χ4v) is 4.52. The van der Waals surface area contributed by atoms with Crippen LogP contribution in [-0.2, 0) is 5.67 Å². The van der Waals surface area contributed by atoms with Crippen molar-refractivity contribution in [2.24, 2.45) is 0 Å². The minimum atomic E-state index is -6.26. The topological polar surface area (TPSA) is 58.2 Å². The van der Waals surface area contributed by atoms with Crippen molar-refractivity contribution >= 4 is 17.5 Å². The van der Waals surface area contributed by atoms with Gasteiger partial charge in [0.05, 0.1) is 11.1 Å². The third-order valence-electron chi connectivity index (χ3n) is 6.73. The molecule has 206 valence electrons. The summed E-state index contributed by atoms with van der Waals surface area (Å²) in [6.07, 6.45) is -11.8. The molecule has 0 radical (unpaired) electrons. The van der Waals surface area contributed by atoms with E-state index in [4.69, 9.17) is 0 Å². The summed E-state index contributed by atoms with van der Waals surface area (Å²) < 4.78 is 93.1. The van der Waals surface area contributed by atoms with Gasteiger partial charge in [0.25, 0.3) is 11.8 Å². The van der Waals surface area contributed by atoms with Gasteiger partial charge in [-0.25, -0.2) is 4.39 Å². The standard InChI is InChI=1S/C28H23F7N2O2/c1-15-7-6-10-19(23(15)25(39)37-22-14-20(22)17-8-4-3-5-9-17)24(38)36-21-12-11-18(13-16(21)2)26(29,27(30,31)32)28(33,34)35/h3-13,20,22H,14H2,1-2H3,(H,36,38)(H,37,39)/t20-,22?/m1/s1. The largest absolute Gasteiger partial charge is 0.435 e. The zero-order valence-corrected chi connectivity index (χ0v) is 20.7. The van der Waals surface area contributed by atoms with Gasteiger partial charge in [0.1, 0.15) is 0 Å². The van der Waals surface area contributed by atoms with Gasteiger partial charge in [-0.3, -0.25) is 9.59 Å². The van der Waals surface area contributed by atoms with E-state index in [1.54, 1.807) is 13.0 Å². The van der Waals surface area contributed by atoms with Crippen LogP contribution in [0.5, 0.6) is 0 Å². The molecule has 11 heteroatoms. The van der Waals surface area contributed by atoms with Gasteiger partial charge in [0.15, 0.2) is 0 Å². The van der Waals surface area contributed by atoms with E-state index in [9.17, 15) is 40.3 Å². The number of alkyl halides is 7. The summed E-state index contributed by atoms with van der Waals surface area (Å²) in [7, 11) is 0. The second-order valence-electron chi connectivity index (χ2n) is 9.47. The lowest BCUT2D eigenvalue weighted by atomic mass is 9.92. The van der Waals surface area contributed by atoms with Crippen LogP contribution in [-0.4, -0.2) is 30.2 Å². The van der Waals surface area contributed by atoms with Crippen LogP contribution in [0.25, 0.3) is 0 Å². The number of benzene rings is 3. The minimum Gasteiger partial charge on any atom is -0.349 e. The number of aryl methyl sites for hydroxylation is 2. The molecule has 39 heavy (non-hydrogen) atoms. The lowest BCUT2D eigenvalue weighted by molar-refractivity contribution is -0.348. The van der Waals surface area contributed by atoms with Crippen molar-refractivity contribution in [3.8, 4) is 0 Å². The fourth-order valence-electron chi connectivity index (χ4n) is 4.52. The first-order valence-electron chi connectivity index (χ1n) is 11.9.